The molecule has 2 aromatic rings. The van der Waals surface area contributed by atoms with E-state index in [9.17, 15) is 17.6 Å². The van der Waals surface area contributed by atoms with Gasteiger partial charge in [-0.3, -0.25) is 4.79 Å². The van der Waals surface area contributed by atoms with Crippen LogP contribution in [0, 0.1) is 19.7 Å². The largest absolute Gasteiger partial charge is 0.496 e. The number of rotatable bonds is 7. The molecule has 0 radical (unpaired) electrons. The van der Waals surface area contributed by atoms with Crippen LogP contribution in [0.5, 0.6) is 5.75 Å². The summed E-state index contributed by atoms with van der Waals surface area (Å²) in [6, 6.07) is 8.77. The lowest BCUT2D eigenvalue weighted by molar-refractivity contribution is 0.0951. The minimum atomic E-state index is -3.68. The number of sulfonamides is 1. The Kier molecular flexibility index (Phi) is 6.33. The maximum atomic E-state index is 13.3. The minimum Gasteiger partial charge on any atom is -0.496 e. The summed E-state index contributed by atoms with van der Waals surface area (Å²) in [6.45, 7) is 3.57. The third-order valence-corrected chi connectivity index (χ3v) is 5.34. The maximum Gasteiger partial charge on any atom is 0.255 e. The smallest absolute Gasteiger partial charge is 0.255 e. The molecule has 0 aliphatic heterocycles. The zero-order valence-electron chi connectivity index (χ0n) is 14.8. The topological polar surface area (TPSA) is 84.5 Å². The average molecular weight is 380 g/mol. The van der Waals surface area contributed by atoms with E-state index >= 15 is 0 Å². The minimum absolute atomic E-state index is 0.000906. The Morgan fingerprint density at radius 2 is 1.85 bits per heavy atom. The Labute approximate surface area is 152 Å². The number of halogens is 1. The van der Waals surface area contributed by atoms with Gasteiger partial charge in [-0.25, -0.2) is 17.5 Å². The summed E-state index contributed by atoms with van der Waals surface area (Å²) in [5.41, 5.74) is 1.52. The molecule has 2 N–H and O–H groups in total. The summed E-state index contributed by atoms with van der Waals surface area (Å²) in [5.74, 6) is -0.876. The number of carbonyl (C=O) groups excluding carboxylic acids is 1. The van der Waals surface area contributed by atoms with Gasteiger partial charge in [0.1, 0.15) is 11.6 Å². The number of aryl methyl sites for hydroxylation is 2. The molecule has 0 spiro atoms. The molecule has 6 nitrogen and oxygen atoms in total. The monoisotopic (exact) mass is 380 g/mol. The number of methoxy groups -OCH3 is 1. The van der Waals surface area contributed by atoms with Gasteiger partial charge in [0.2, 0.25) is 10.0 Å². The summed E-state index contributed by atoms with van der Waals surface area (Å²) in [4.78, 5) is 12.3. The van der Waals surface area contributed by atoms with Crippen molar-refractivity contribution < 1.29 is 22.3 Å². The number of hydrogen-bond donors (Lipinski definition) is 2. The van der Waals surface area contributed by atoms with Gasteiger partial charge in [0.15, 0.2) is 0 Å². The Bertz CT molecular complexity index is 913. The molecule has 1 amide bonds. The molecule has 0 unspecified atom stereocenters. The van der Waals surface area contributed by atoms with E-state index in [1.807, 2.05) is 13.0 Å². The molecule has 0 aromatic heterocycles. The molecule has 0 fully saturated rings. The Morgan fingerprint density at radius 3 is 2.54 bits per heavy atom. The highest BCUT2D eigenvalue weighted by Crippen LogP contribution is 2.19. The lowest BCUT2D eigenvalue weighted by Gasteiger charge is -2.12. The van der Waals surface area contributed by atoms with E-state index in [-0.39, 0.29) is 29.3 Å². The fourth-order valence-electron chi connectivity index (χ4n) is 2.39. The molecule has 26 heavy (non-hydrogen) atoms. The number of ether oxygens (including phenoxy) is 1. The van der Waals surface area contributed by atoms with Crippen LogP contribution in [-0.2, 0) is 10.0 Å². The molecule has 0 saturated heterocycles. The van der Waals surface area contributed by atoms with Crippen molar-refractivity contribution in [3.8, 4) is 5.75 Å². The van der Waals surface area contributed by atoms with E-state index in [1.54, 1.807) is 19.1 Å². The standard InChI is InChI=1S/C18H21FN2O4S/c1-12-4-5-13(2)17(10-12)26(23,24)21-9-8-20-18(22)15-11-14(19)6-7-16(15)25-3/h4-7,10-11,21H,8-9H2,1-3H3,(H,20,22). The first-order valence-corrected chi connectivity index (χ1v) is 9.41. The van der Waals surface area contributed by atoms with Gasteiger partial charge in [0.25, 0.3) is 5.91 Å². The van der Waals surface area contributed by atoms with Crippen LogP contribution in [0.25, 0.3) is 0 Å². The third kappa shape index (κ3) is 4.80. The van der Waals surface area contributed by atoms with Crippen molar-refractivity contribution in [2.24, 2.45) is 0 Å². The van der Waals surface area contributed by atoms with Gasteiger partial charge in [-0.15, -0.1) is 0 Å². The van der Waals surface area contributed by atoms with Crippen molar-refractivity contribution in [1.82, 2.24) is 10.0 Å². The fraction of sp³-hybridized carbons (Fsp3) is 0.278. The van der Waals surface area contributed by atoms with E-state index in [4.69, 9.17) is 4.74 Å². The summed E-state index contributed by atoms with van der Waals surface area (Å²) in [7, 11) is -2.30. The van der Waals surface area contributed by atoms with Crippen molar-refractivity contribution >= 4 is 15.9 Å². The first-order chi connectivity index (χ1) is 12.2. The van der Waals surface area contributed by atoms with E-state index in [1.165, 1.54) is 19.2 Å². The first-order valence-electron chi connectivity index (χ1n) is 7.93. The molecule has 0 atom stereocenters. The highest BCUT2D eigenvalue weighted by atomic mass is 32.2. The zero-order valence-corrected chi connectivity index (χ0v) is 15.6. The van der Waals surface area contributed by atoms with E-state index in [0.29, 0.717) is 5.56 Å². The van der Waals surface area contributed by atoms with Gasteiger partial charge < -0.3 is 10.1 Å². The molecule has 140 valence electrons. The molecular formula is C18H21FN2O4S. The molecule has 0 heterocycles. The Morgan fingerprint density at radius 1 is 1.12 bits per heavy atom. The second-order valence-electron chi connectivity index (χ2n) is 5.77. The van der Waals surface area contributed by atoms with Gasteiger partial charge in [0.05, 0.1) is 17.6 Å². The molecular weight excluding hydrogens is 359 g/mol. The SMILES string of the molecule is COc1ccc(F)cc1C(=O)NCCNS(=O)(=O)c1cc(C)ccc1C. The van der Waals surface area contributed by atoms with Crippen LogP contribution >= 0.6 is 0 Å². The van der Waals surface area contributed by atoms with Crippen LogP contribution in [0.1, 0.15) is 21.5 Å². The van der Waals surface area contributed by atoms with Crippen LogP contribution in [0.4, 0.5) is 4.39 Å². The zero-order chi connectivity index (χ0) is 19.3. The quantitative estimate of drug-likeness (QED) is 0.721. The van der Waals surface area contributed by atoms with Gasteiger partial charge in [-0.05, 0) is 49.2 Å². The van der Waals surface area contributed by atoms with E-state index in [0.717, 1.165) is 11.6 Å². The number of nitrogens with one attached hydrogen (secondary N) is 2. The third-order valence-electron chi connectivity index (χ3n) is 3.74. The van der Waals surface area contributed by atoms with Crippen LogP contribution < -0.4 is 14.8 Å². The van der Waals surface area contributed by atoms with Crippen LogP contribution in [0.3, 0.4) is 0 Å². The molecule has 0 saturated carbocycles. The second-order valence-corrected chi connectivity index (χ2v) is 7.50. The number of amides is 1. The maximum absolute atomic E-state index is 13.3. The van der Waals surface area contributed by atoms with E-state index < -0.39 is 21.7 Å². The van der Waals surface area contributed by atoms with Crippen molar-refractivity contribution in [3.05, 3.63) is 58.9 Å². The van der Waals surface area contributed by atoms with Gasteiger partial charge in [0, 0.05) is 13.1 Å². The van der Waals surface area contributed by atoms with Gasteiger partial charge in [-0.1, -0.05) is 12.1 Å². The van der Waals surface area contributed by atoms with Gasteiger partial charge in [-0.2, -0.15) is 0 Å². The lowest BCUT2D eigenvalue weighted by atomic mass is 10.2. The Hall–Kier alpha value is -2.45. The molecule has 2 aromatic carbocycles. The van der Waals surface area contributed by atoms with Crippen molar-refractivity contribution in [1.29, 1.82) is 0 Å². The van der Waals surface area contributed by atoms with E-state index in [2.05, 4.69) is 10.0 Å². The van der Waals surface area contributed by atoms with Crippen LogP contribution in [0.2, 0.25) is 0 Å². The van der Waals surface area contributed by atoms with Crippen molar-refractivity contribution in [2.45, 2.75) is 18.7 Å². The molecule has 2 rings (SSSR count). The molecule has 0 bridgehead atoms. The number of hydrogen-bond acceptors (Lipinski definition) is 4. The van der Waals surface area contributed by atoms with Crippen LogP contribution in [-0.4, -0.2) is 34.5 Å². The predicted octanol–water partition coefficient (Wildman–Crippen LogP) is 2.16. The summed E-state index contributed by atoms with van der Waals surface area (Å²) in [5, 5.41) is 2.54. The summed E-state index contributed by atoms with van der Waals surface area (Å²) in [6.07, 6.45) is 0. The first kappa shape index (κ1) is 19.9. The van der Waals surface area contributed by atoms with Crippen molar-refractivity contribution in [2.75, 3.05) is 20.2 Å². The highest BCUT2D eigenvalue weighted by Gasteiger charge is 2.17. The molecule has 0 aliphatic rings. The number of benzene rings is 2. The molecule has 8 heteroatoms. The van der Waals surface area contributed by atoms with Crippen molar-refractivity contribution in [3.63, 3.8) is 0 Å². The average Bonchev–Trinajstić information content (AvgIpc) is 2.60. The predicted molar refractivity (Wildman–Crippen MR) is 96.4 cm³/mol. The normalized spacial score (nSPS) is 11.2. The summed E-state index contributed by atoms with van der Waals surface area (Å²) < 4.78 is 45.5. The molecule has 0 aliphatic carbocycles. The van der Waals surface area contributed by atoms with Gasteiger partial charge >= 0.3 is 0 Å². The summed E-state index contributed by atoms with van der Waals surface area (Å²) >= 11 is 0. The number of carbonyl (C=O) groups is 1. The fourth-order valence-corrected chi connectivity index (χ4v) is 3.75. The van der Waals surface area contributed by atoms with Crippen LogP contribution in [0.15, 0.2) is 41.3 Å². The highest BCUT2D eigenvalue weighted by molar-refractivity contribution is 7.89. The Balaban J connectivity index is 1.97. The second kappa shape index (κ2) is 8.29. The lowest BCUT2D eigenvalue weighted by Crippen LogP contribution is -2.35.